The fraction of sp³-hybridized carbons (Fsp3) is 0.0769. The van der Waals surface area contributed by atoms with Gasteiger partial charge in [0.05, 0.1) is 5.70 Å². The summed E-state index contributed by atoms with van der Waals surface area (Å²) in [6.07, 6.45) is 10.4. The molecule has 0 bridgehead atoms. The molecule has 0 saturated carbocycles. The highest BCUT2D eigenvalue weighted by Gasteiger charge is 2.04. The van der Waals surface area contributed by atoms with Crippen molar-refractivity contribution in [1.82, 2.24) is 0 Å². The highest BCUT2D eigenvalue weighted by Crippen LogP contribution is 2.19. The van der Waals surface area contributed by atoms with Gasteiger partial charge < -0.3 is 10.2 Å². The van der Waals surface area contributed by atoms with Crippen LogP contribution in [0.3, 0.4) is 0 Å². The van der Waals surface area contributed by atoms with Crippen LogP contribution in [-0.2, 0) is 0 Å². The Morgan fingerprint density at radius 2 is 1.43 bits per heavy atom. The summed E-state index contributed by atoms with van der Waals surface area (Å²) in [5.41, 5.74) is 5.71. The smallest absolute Gasteiger partial charge is 0.0571 e. The Balaban J connectivity index is 1.79. The molecular formula is C26H26N2. The molecule has 1 N–H and O–H groups in total. The average molecular weight is 367 g/mol. The summed E-state index contributed by atoms with van der Waals surface area (Å²) in [7, 11) is 2.08. The maximum absolute atomic E-state index is 3.39. The summed E-state index contributed by atoms with van der Waals surface area (Å²) in [5, 5.41) is 3.39. The number of rotatable bonds is 7. The number of para-hydroxylation sites is 1. The van der Waals surface area contributed by atoms with Crippen molar-refractivity contribution < 1.29 is 0 Å². The summed E-state index contributed by atoms with van der Waals surface area (Å²) in [6.45, 7) is 2.10. The lowest BCUT2D eigenvalue weighted by molar-refractivity contribution is 1.13. The van der Waals surface area contributed by atoms with Crippen LogP contribution < -0.4 is 10.2 Å². The van der Waals surface area contributed by atoms with E-state index in [-0.39, 0.29) is 0 Å². The van der Waals surface area contributed by atoms with Crippen LogP contribution in [0.4, 0.5) is 11.4 Å². The van der Waals surface area contributed by atoms with Crippen molar-refractivity contribution in [2.75, 3.05) is 17.3 Å². The van der Waals surface area contributed by atoms with E-state index >= 15 is 0 Å². The van der Waals surface area contributed by atoms with Crippen LogP contribution in [0.25, 0.3) is 6.08 Å². The largest absolute Gasteiger partial charge is 0.360 e. The summed E-state index contributed by atoms with van der Waals surface area (Å²) in [6, 6.07) is 29.0. The van der Waals surface area contributed by atoms with Gasteiger partial charge in [-0.05, 0) is 42.8 Å². The van der Waals surface area contributed by atoms with Gasteiger partial charge >= 0.3 is 0 Å². The minimum Gasteiger partial charge on any atom is -0.360 e. The zero-order valence-electron chi connectivity index (χ0n) is 16.4. The first-order valence-electron chi connectivity index (χ1n) is 9.44. The first-order valence-corrected chi connectivity index (χ1v) is 9.44. The van der Waals surface area contributed by atoms with Gasteiger partial charge in [-0.15, -0.1) is 0 Å². The number of benzene rings is 3. The van der Waals surface area contributed by atoms with E-state index in [4.69, 9.17) is 0 Å². The van der Waals surface area contributed by atoms with Crippen molar-refractivity contribution >= 4 is 17.5 Å². The molecular weight excluding hydrogens is 340 g/mol. The van der Waals surface area contributed by atoms with Crippen LogP contribution >= 0.6 is 0 Å². The predicted molar refractivity (Wildman–Crippen MR) is 122 cm³/mol. The second kappa shape index (κ2) is 9.98. The monoisotopic (exact) mass is 366 g/mol. The number of allylic oxidation sites excluding steroid dienone is 3. The molecule has 0 aliphatic rings. The Kier molecular flexibility index (Phi) is 6.86. The fourth-order valence-electron chi connectivity index (χ4n) is 2.75. The second-order valence-corrected chi connectivity index (χ2v) is 6.60. The first-order chi connectivity index (χ1) is 13.7. The topological polar surface area (TPSA) is 15.3 Å². The van der Waals surface area contributed by atoms with E-state index in [1.54, 1.807) is 0 Å². The molecule has 0 aliphatic heterocycles. The number of hydrogen-bond donors (Lipinski definition) is 1. The van der Waals surface area contributed by atoms with Gasteiger partial charge in [0.25, 0.3) is 0 Å². The maximum atomic E-state index is 3.39. The van der Waals surface area contributed by atoms with E-state index in [1.807, 2.05) is 42.6 Å². The molecule has 28 heavy (non-hydrogen) atoms. The molecule has 140 valence electrons. The van der Waals surface area contributed by atoms with Gasteiger partial charge in [0, 0.05) is 24.6 Å². The van der Waals surface area contributed by atoms with Crippen LogP contribution in [0.5, 0.6) is 0 Å². The van der Waals surface area contributed by atoms with Gasteiger partial charge in [-0.3, -0.25) is 0 Å². The van der Waals surface area contributed by atoms with E-state index in [9.17, 15) is 0 Å². The van der Waals surface area contributed by atoms with Gasteiger partial charge in [0.15, 0.2) is 0 Å². The molecule has 0 spiro atoms. The van der Waals surface area contributed by atoms with Gasteiger partial charge in [0.1, 0.15) is 0 Å². The standard InChI is InChI=1S/C26H26N2/c1-22-17-19-25(20-18-22)28(2)26(21-27-24-14-7-4-8-15-24)16-10-9-13-23-11-5-3-6-12-23/h3-21,27H,1-2H3/b13-9-,16-10-,26-21-. The van der Waals surface area contributed by atoms with E-state index in [2.05, 4.69) is 97.0 Å². The van der Waals surface area contributed by atoms with E-state index in [1.165, 1.54) is 11.1 Å². The van der Waals surface area contributed by atoms with E-state index in [0.717, 1.165) is 17.1 Å². The summed E-state index contributed by atoms with van der Waals surface area (Å²) < 4.78 is 0. The predicted octanol–water partition coefficient (Wildman–Crippen LogP) is 6.65. The maximum Gasteiger partial charge on any atom is 0.0571 e. The molecule has 0 saturated heterocycles. The SMILES string of the molecule is Cc1ccc(N(C)C(/C=C\C=C/c2ccccc2)=C\Nc2ccccc2)cc1. The quantitative estimate of drug-likeness (QED) is 0.471. The number of hydrogen-bond acceptors (Lipinski definition) is 2. The van der Waals surface area contributed by atoms with Crippen molar-refractivity contribution in [2.24, 2.45) is 0 Å². The number of anilines is 2. The van der Waals surface area contributed by atoms with Crippen molar-refractivity contribution in [1.29, 1.82) is 0 Å². The van der Waals surface area contributed by atoms with Gasteiger partial charge in [0.2, 0.25) is 0 Å². The second-order valence-electron chi connectivity index (χ2n) is 6.60. The third-order valence-electron chi connectivity index (χ3n) is 4.44. The Hall–Kier alpha value is -3.52. The van der Waals surface area contributed by atoms with E-state index < -0.39 is 0 Å². The molecule has 2 heteroatoms. The van der Waals surface area contributed by atoms with E-state index in [0.29, 0.717) is 0 Å². The molecule has 3 aromatic rings. The normalized spacial score (nSPS) is 11.9. The third-order valence-corrected chi connectivity index (χ3v) is 4.44. The Labute approximate surface area is 168 Å². The van der Waals surface area contributed by atoms with Gasteiger partial charge in [-0.25, -0.2) is 0 Å². The average Bonchev–Trinajstić information content (AvgIpc) is 2.75. The molecule has 0 aromatic heterocycles. The number of nitrogens with one attached hydrogen (secondary N) is 1. The summed E-state index contributed by atoms with van der Waals surface area (Å²) >= 11 is 0. The highest BCUT2D eigenvalue weighted by atomic mass is 15.1. The lowest BCUT2D eigenvalue weighted by Gasteiger charge is -2.21. The molecule has 0 atom stereocenters. The zero-order valence-corrected chi connectivity index (χ0v) is 16.4. The molecule has 0 radical (unpaired) electrons. The van der Waals surface area contributed by atoms with Crippen molar-refractivity contribution in [3.8, 4) is 0 Å². The first kappa shape index (κ1) is 19.2. The van der Waals surface area contributed by atoms with Gasteiger partial charge in [-0.1, -0.05) is 84.5 Å². The fourth-order valence-corrected chi connectivity index (χ4v) is 2.75. The van der Waals surface area contributed by atoms with Crippen molar-refractivity contribution in [2.45, 2.75) is 6.92 Å². The van der Waals surface area contributed by atoms with Crippen LogP contribution in [0.2, 0.25) is 0 Å². The molecule has 0 fully saturated rings. The van der Waals surface area contributed by atoms with Crippen molar-refractivity contribution in [3.63, 3.8) is 0 Å². The summed E-state index contributed by atoms with van der Waals surface area (Å²) in [5.74, 6) is 0. The Morgan fingerprint density at radius 1 is 0.786 bits per heavy atom. The zero-order chi connectivity index (χ0) is 19.6. The Morgan fingerprint density at radius 3 is 2.11 bits per heavy atom. The van der Waals surface area contributed by atoms with Gasteiger partial charge in [-0.2, -0.15) is 0 Å². The van der Waals surface area contributed by atoms with Crippen LogP contribution in [-0.4, -0.2) is 7.05 Å². The summed E-state index contributed by atoms with van der Waals surface area (Å²) in [4.78, 5) is 2.17. The molecule has 2 nitrogen and oxygen atoms in total. The van der Waals surface area contributed by atoms with Crippen LogP contribution in [0, 0.1) is 6.92 Å². The number of likely N-dealkylation sites (N-methyl/N-ethyl adjacent to an activating group) is 1. The Bertz CT molecular complexity index is 937. The van der Waals surface area contributed by atoms with Crippen LogP contribution in [0.1, 0.15) is 11.1 Å². The van der Waals surface area contributed by atoms with Crippen LogP contribution in [0.15, 0.2) is 115 Å². The molecule has 3 rings (SSSR count). The lowest BCUT2D eigenvalue weighted by Crippen LogP contribution is -2.16. The molecule has 0 aliphatic carbocycles. The molecule has 3 aromatic carbocycles. The minimum atomic E-state index is 1.06. The molecule has 0 unspecified atom stereocenters. The highest BCUT2D eigenvalue weighted by molar-refractivity contribution is 5.57. The number of nitrogens with zero attached hydrogens (tertiary/aromatic N) is 1. The lowest BCUT2D eigenvalue weighted by atomic mass is 10.2. The third kappa shape index (κ3) is 5.75. The number of aryl methyl sites for hydroxylation is 1. The van der Waals surface area contributed by atoms with Crippen molar-refractivity contribution in [3.05, 3.63) is 126 Å². The molecule has 0 heterocycles. The minimum absolute atomic E-state index is 1.06. The molecule has 0 amide bonds.